The zero-order valence-electron chi connectivity index (χ0n) is 8.64. The number of nitrogens with zero attached hydrogens (tertiary/aromatic N) is 1. The number of rotatable bonds is 5. The summed E-state index contributed by atoms with van der Waals surface area (Å²) in [5.74, 6) is -0.532. The summed E-state index contributed by atoms with van der Waals surface area (Å²) in [4.78, 5) is 33.3. The van der Waals surface area contributed by atoms with E-state index < -0.39 is 30.4 Å². The lowest BCUT2D eigenvalue weighted by Crippen LogP contribution is -2.47. The van der Waals surface area contributed by atoms with Crippen LogP contribution in [0.4, 0.5) is 4.79 Å². The fourth-order valence-electron chi connectivity index (χ4n) is 0.843. The minimum Gasteiger partial charge on any atom is -0.481 e. The second-order valence-electron chi connectivity index (χ2n) is 3.00. The Labute approximate surface area is 92.0 Å². The minimum atomic E-state index is -1.47. The van der Waals surface area contributed by atoms with Crippen molar-refractivity contribution in [2.75, 3.05) is 13.6 Å². The molecule has 7 heteroatoms. The van der Waals surface area contributed by atoms with E-state index in [9.17, 15) is 14.4 Å². The number of urea groups is 1. The largest absolute Gasteiger partial charge is 0.481 e. The van der Waals surface area contributed by atoms with Gasteiger partial charge in [0.1, 0.15) is 6.04 Å². The summed E-state index contributed by atoms with van der Waals surface area (Å²) < 4.78 is 0. The lowest BCUT2D eigenvalue weighted by Gasteiger charge is -2.18. The first kappa shape index (κ1) is 13.8. The van der Waals surface area contributed by atoms with Gasteiger partial charge in [-0.25, -0.2) is 9.59 Å². The van der Waals surface area contributed by atoms with Gasteiger partial charge in [0.15, 0.2) is 0 Å². The molecule has 0 aliphatic rings. The van der Waals surface area contributed by atoms with Crippen LogP contribution < -0.4 is 5.32 Å². The Bertz CT molecular complexity index is 333. The number of carbonyl (C=O) groups is 3. The third kappa shape index (κ3) is 4.85. The van der Waals surface area contributed by atoms with Crippen LogP contribution in [0.5, 0.6) is 0 Å². The van der Waals surface area contributed by atoms with Crippen molar-refractivity contribution in [3.8, 4) is 12.3 Å². The Hall–Kier alpha value is -2.23. The smallest absolute Gasteiger partial charge is 0.326 e. The van der Waals surface area contributed by atoms with E-state index in [0.717, 1.165) is 4.90 Å². The Morgan fingerprint density at radius 1 is 1.44 bits per heavy atom. The van der Waals surface area contributed by atoms with E-state index in [2.05, 4.69) is 5.92 Å². The molecule has 0 saturated carbocycles. The van der Waals surface area contributed by atoms with Gasteiger partial charge in [-0.2, -0.15) is 0 Å². The molecule has 0 rings (SSSR count). The van der Waals surface area contributed by atoms with Crippen molar-refractivity contribution in [3.63, 3.8) is 0 Å². The predicted octanol–water partition coefficient (Wildman–Crippen LogP) is -0.811. The van der Waals surface area contributed by atoms with E-state index in [-0.39, 0.29) is 6.54 Å². The fourth-order valence-corrected chi connectivity index (χ4v) is 0.843. The molecule has 0 saturated heterocycles. The molecule has 0 fully saturated rings. The number of hydrogen-bond acceptors (Lipinski definition) is 3. The van der Waals surface area contributed by atoms with Crippen LogP contribution in [0.25, 0.3) is 0 Å². The summed E-state index contributed by atoms with van der Waals surface area (Å²) in [6.07, 6.45) is 4.27. The quantitative estimate of drug-likeness (QED) is 0.533. The highest BCUT2D eigenvalue weighted by atomic mass is 16.4. The SMILES string of the molecule is C#CCN(C)C(=O)NC(CC(=O)O)C(=O)O. The number of nitrogens with one attached hydrogen (secondary N) is 1. The van der Waals surface area contributed by atoms with Gasteiger partial charge in [0.25, 0.3) is 0 Å². The van der Waals surface area contributed by atoms with Crippen LogP contribution in [-0.4, -0.2) is 52.7 Å². The second kappa shape index (κ2) is 6.29. The summed E-state index contributed by atoms with van der Waals surface area (Å²) >= 11 is 0. The molecule has 0 aromatic carbocycles. The first-order valence-electron chi connectivity index (χ1n) is 4.28. The first-order valence-corrected chi connectivity index (χ1v) is 4.28. The number of carbonyl (C=O) groups excluding carboxylic acids is 1. The standard InChI is InChI=1S/C9H12N2O5/c1-3-4-11(2)9(16)10-6(8(14)15)5-7(12)13/h1,6H,4-5H2,2H3,(H,10,16)(H,12,13)(H,14,15). The van der Waals surface area contributed by atoms with Gasteiger partial charge in [0, 0.05) is 7.05 Å². The average molecular weight is 228 g/mol. The predicted molar refractivity (Wildman–Crippen MR) is 53.7 cm³/mol. The Balaban J connectivity index is 4.41. The summed E-state index contributed by atoms with van der Waals surface area (Å²) in [6.45, 7) is 0.00520. The third-order valence-corrected chi connectivity index (χ3v) is 1.65. The Morgan fingerprint density at radius 2 is 2.00 bits per heavy atom. The van der Waals surface area contributed by atoms with Crippen molar-refractivity contribution in [1.29, 1.82) is 0 Å². The topological polar surface area (TPSA) is 107 Å². The van der Waals surface area contributed by atoms with E-state index >= 15 is 0 Å². The van der Waals surface area contributed by atoms with Gasteiger partial charge < -0.3 is 20.4 Å². The zero-order valence-corrected chi connectivity index (χ0v) is 8.64. The molecule has 0 aliphatic carbocycles. The molecule has 0 heterocycles. The monoisotopic (exact) mass is 228 g/mol. The number of carboxylic acids is 2. The molecule has 0 bridgehead atoms. The van der Waals surface area contributed by atoms with Crippen molar-refractivity contribution in [3.05, 3.63) is 0 Å². The molecule has 2 amide bonds. The van der Waals surface area contributed by atoms with Crippen LogP contribution in [0.15, 0.2) is 0 Å². The van der Waals surface area contributed by atoms with Crippen LogP contribution in [-0.2, 0) is 9.59 Å². The molecule has 3 N–H and O–H groups in total. The van der Waals surface area contributed by atoms with Crippen molar-refractivity contribution in [2.24, 2.45) is 0 Å². The third-order valence-electron chi connectivity index (χ3n) is 1.65. The number of aliphatic carboxylic acids is 2. The van der Waals surface area contributed by atoms with Gasteiger partial charge in [0.2, 0.25) is 0 Å². The van der Waals surface area contributed by atoms with Gasteiger partial charge in [-0.1, -0.05) is 5.92 Å². The minimum absolute atomic E-state index is 0.00520. The van der Waals surface area contributed by atoms with Gasteiger partial charge in [-0.3, -0.25) is 4.79 Å². The van der Waals surface area contributed by atoms with E-state index in [1.165, 1.54) is 7.05 Å². The van der Waals surface area contributed by atoms with E-state index in [0.29, 0.717) is 0 Å². The van der Waals surface area contributed by atoms with Crippen LogP contribution in [0.2, 0.25) is 0 Å². The van der Waals surface area contributed by atoms with Crippen molar-refractivity contribution >= 4 is 18.0 Å². The normalized spacial score (nSPS) is 11.0. The van der Waals surface area contributed by atoms with E-state index in [4.69, 9.17) is 16.6 Å². The molecular formula is C9H12N2O5. The van der Waals surface area contributed by atoms with Gasteiger partial charge in [0.05, 0.1) is 13.0 Å². The molecule has 1 atom stereocenters. The molecule has 88 valence electrons. The maximum absolute atomic E-state index is 11.3. The molecule has 7 nitrogen and oxygen atoms in total. The fraction of sp³-hybridized carbons (Fsp3) is 0.444. The highest BCUT2D eigenvalue weighted by Crippen LogP contribution is 1.95. The Morgan fingerprint density at radius 3 is 2.38 bits per heavy atom. The highest BCUT2D eigenvalue weighted by Gasteiger charge is 2.24. The highest BCUT2D eigenvalue weighted by molar-refractivity contribution is 5.86. The van der Waals surface area contributed by atoms with Crippen molar-refractivity contribution in [1.82, 2.24) is 10.2 Å². The molecule has 0 aromatic rings. The molecule has 1 unspecified atom stereocenters. The number of amides is 2. The lowest BCUT2D eigenvalue weighted by molar-refractivity contribution is -0.145. The van der Waals surface area contributed by atoms with Crippen LogP contribution >= 0.6 is 0 Å². The maximum Gasteiger partial charge on any atom is 0.326 e. The maximum atomic E-state index is 11.3. The molecule has 0 aromatic heterocycles. The summed E-state index contributed by atoms with van der Waals surface area (Å²) in [5, 5.41) is 19.1. The van der Waals surface area contributed by atoms with Gasteiger partial charge >= 0.3 is 18.0 Å². The number of terminal acetylenes is 1. The summed E-state index contributed by atoms with van der Waals surface area (Å²) in [7, 11) is 1.37. The summed E-state index contributed by atoms with van der Waals surface area (Å²) in [5.41, 5.74) is 0. The van der Waals surface area contributed by atoms with E-state index in [1.54, 1.807) is 0 Å². The second-order valence-corrected chi connectivity index (χ2v) is 3.00. The summed E-state index contributed by atoms with van der Waals surface area (Å²) in [6, 6.07) is -2.20. The zero-order chi connectivity index (χ0) is 12.7. The molecule has 0 radical (unpaired) electrons. The number of hydrogen-bond donors (Lipinski definition) is 3. The van der Waals surface area contributed by atoms with Crippen molar-refractivity contribution < 1.29 is 24.6 Å². The first-order chi connectivity index (χ1) is 7.38. The number of carboxylic acid groups (broad SMARTS) is 2. The molecule has 0 spiro atoms. The average Bonchev–Trinajstić information content (AvgIpc) is 2.16. The van der Waals surface area contributed by atoms with Gasteiger partial charge in [-0.05, 0) is 0 Å². The molecule has 0 aliphatic heterocycles. The lowest BCUT2D eigenvalue weighted by atomic mass is 10.2. The Kier molecular flexibility index (Phi) is 5.41. The van der Waals surface area contributed by atoms with Crippen LogP contribution in [0.1, 0.15) is 6.42 Å². The van der Waals surface area contributed by atoms with Gasteiger partial charge in [-0.15, -0.1) is 6.42 Å². The van der Waals surface area contributed by atoms with Crippen molar-refractivity contribution in [2.45, 2.75) is 12.5 Å². The molecular weight excluding hydrogens is 216 g/mol. The molecule has 16 heavy (non-hydrogen) atoms. The van der Waals surface area contributed by atoms with Crippen LogP contribution in [0, 0.1) is 12.3 Å². The van der Waals surface area contributed by atoms with Crippen LogP contribution in [0.3, 0.4) is 0 Å². The van der Waals surface area contributed by atoms with E-state index in [1.807, 2.05) is 5.32 Å².